The molecule has 0 amide bonds. The summed E-state index contributed by atoms with van der Waals surface area (Å²) in [7, 11) is 3.06. The van der Waals surface area contributed by atoms with Gasteiger partial charge in [-0.05, 0) is 41.7 Å². The summed E-state index contributed by atoms with van der Waals surface area (Å²) in [5.74, 6) is 1.01. The van der Waals surface area contributed by atoms with Crippen molar-refractivity contribution in [3.05, 3.63) is 0 Å². The van der Waals surface area contributed by atoms with Crippen LogP contribution in [0.2, 0.25) is 0 Å². The second kappa shape index (κ2) is 2.85. The summed E-state index contributed by atoms with van der Waals surface area (Å²) in [6.45, 7) is 7.42. The van der Waals surface area contributed by atoms with Crippen molar-refractivity contribution in [3.63, 3.8) is 0 Å². The Labute approximate surface area is 84.5 Å². The van der Waals surface area contributed by atoms with E-state index in [-0.39, 0.29) is 12.4 Å². The van der Waals surface area contributed by atoms with E-state index in [0.29, 0.717) is 10.8 Å². The van der Waals surface area contributed by atoms with Crippen LogP contribution in [0.15, 0.2) is 0 Å². The standard InChI is InChI=1S/C10H19P.ClH/c1-9(2)7-4-5-10(9,3)8(11)6-7;/h7-8H,4-6,11H2,1-3H3;1H. The SMILES string of the molecule is CC1(C)C2CCC1(C)C(P)C2.Cl. The number of fused-ring (bicyclic) bond motifs is 2. The first kappa shape index (κ1) is 10.8. The van der Waals surface area contributed by atoms with E-state index < -0.39 is 0 Å². The third-order valence-corrected chi connectivity index (χ3v) is 5.87. The quantitative estimate of drug-likeness (QED) is 0.533. The third kappa shape index (κ3) is 1.01. The second-order valence-corrected chi connectivity index (χ2v) is 6.02. The van der Waals surface area contributed by atoms with Gasteiger partial charge in [0.15, 0.2) is 0 Å². The lowest BCUT2D eigenvalue weighted by atomic mass is 9.71. The van der Waals surface area contributed by atoms with Crippen LogP contribution in [0.5, 0.6) is 0 Å². The van der Waals surface area contributed by atoms with Crippen LogP contribution in [0.25, 0.3) is 0 Å². The van der Waals surface area contributed by atoms with Gasteiger partial charge in [0.2, 0.25) is 0 Å². The molecule has 0 aliphatic heterocycles. The Bertz CT molecular complexity index is 190. The van der Waals surface area contributed by atoms with Gasteiger partial charge < -0.3 is 0 Å². The zero-order chi connectivity index (χ0) is 8.28. The second-order valence-electron chi connectivity index (χ2n) is 5.22. The molecule has 2 bridgehead atoms. The van der Waals surface area contributed by atoms with E-state index in [1.807, 2.05) is 0 Å². The van der Waals surface area contributed by atoms with Crippen LogP contribution in [0, 0.1) is 16.7 Å². The molecule has 2 saturated carbocycles. The Morgan fingerprint density at radius 3 is 2.00 bits per heavy atom. The largest absolute Gasteiger partial charge is 0.147 e. The first-order chi connectivity index (χ1) is 4.98. The molecule has 0 nitrogen and oxygen atoms in total. The predicted octanol–water partition coefficient (Wildman–Crippen LogP) is 3.50. The van der Waals surface area contributed by atoms with Gasteiger partial charge in [-0.1, -0.05) is 20.8 Å². The Kier molecular flexibility index (Phi) is 2.57. The maximum Gasteiger partial charge on any atom is -0.0202 e. The van der Waals surface area contributed by atoms with Crippen LogP contribution in [-0.4, -0.2) is 5.66 Å². The summed E-state index contributed by atoms with van der Waals surface area (Å²) in [5.41, 5.74) is 2.12. The highest BCUT2D eigenvalue weighted by Gasteiger charge is 2.59. The lowest BCUT2D eigenvalue weighted by Gasteiger charge is -2.37. The first-order valence-corrected chi connectivity index (χ1v) is 5.41. The van der Waals surface area contributed by atoms with Gasteiger partial charge in [-0.25, -0.2) is 0 Å². The summed E-state index contributed by atoms with van der Waals surface area (Å²) in [6, 6.07) is 0. The third-order valence-electron chi connectivity index (χ3n) is 4.86. The monoisotopic (exact) mass is 206 g/mol. The molecule has 4 atom stereocenters. The molecule has 0 aromatic heterocycles. The number of rotatable bonds is 0. The fourth-order valence-corrected chi connectivity index (χ4v) is 4.19. The highest BCUT2D eigenvalue weighted by atomic mass is 35.5. The molecule has 0 aromatic carbocycles. The summed E-state index contributed by atoms with van der Waals surface area (Å²) in [4.78, 5) is 0. The minimum Gasteiger partial charge on any atom is -0.147 e. The maximum absolute atomic E-state index is 3.06. The molecule has 12 heavy (non-hydrogen) atoms. The maximum atomic E-state index is 3.06. The molecule has 0 spiro atoms. The van der Waals surface area contributed by atoms with Crippen molar-refractivity contribution in [2.24, 2.45) is 16.7 Å². The van der Waals surface area contributed by atoms with E-state index in [4.69, 9.17) is 0 Å². The van der Waals surface area contributed by atoms with Crippen molar-refractivity contribution in [1.29, 1.82) is 0 Å². The molecule has 2 heteroatoms. The molecule has 2 aliphatic rings. The van der Waals surface area contributed by atoms with Crippen LogP contribution in [0.4, 0.5) is 0 Å². The fraction of sp³-hybridized carbons (Fsp3) is 1.00. The van der Waals surface area contributed by atoms with Gasteiger partial charge in [0.25, 0.3) is 0 Å². The van der Waals surface area contributed by atoms with Crippen molar-refractivity contribution in [3.8, 4) is 0 Å². The Balaban J connectivity index is 0.000000720. The van der Waals surface area contributed by atoms with E-state index >= 15 is 0 Å². The molecular weight excluding hydrogens is 187 g/mol. The predicted molar refractivity (Wildman–Crippen MR) is 60.0 cm³/mol. The van der Waals surface area contributed by atoms with Crippen molar-refractivity contribution >= 4 is 21.6 Å². The topological polar surface area (TPSA) is 0 Å². The van der Waals surface area contributed by atoms with Gasteiger partial charge in [0.1, 0.15) is 0 Å². The average Bonchev–Trinajstić information content (AvgIpc) is 2.20. The van der Waals surface area contributed by atoms with Crippen LogP contribution in [-0.2, 0) is 0 Å². The first-order valence-electron chi connectivity index (χ1n) is 4.74. The lowest BCUT2D eigenvalue weighted by molar-refractivity contribution is 0.156. The molecule has 4 unspecified atom stereocenters. The number of hydrogen-bond donors (Lipinski definition) is 0. The minimum absolute atomic E-state index is 0. The molecule has 0 aromatic rings. The average molecular weight is 207 g/mol. The van der Waals surface area contributed by atoms with E-state index in [9.17, 15) is 0 Å². The zero-order valence-electron chi connectivity index (χ0n) is 8.26. The van der Waals surface area contributed by atoms with Crippen molar-refractivity contribution in [2.45, 2.75) is 45.7 Å². The molecule has 2 rings (SSSR count). The zero-order valence-corrected chi connectivity index (χ0v) is 10.2. The summed E-state index contributed by atoms with van der Waals surface area (Å²) < 4.78 is 0. The highest BCUT2D eigenvalue weighted by Crippen LogP contribution is 2.67. The molecule has 0 saturated heterocycles. The highest BCUT2D eigenvalue weighted by molar-refractivity contribution is 7.17. The van der Waals surface area contributed by atoms with Crippen molar-refractivity contribution in [1.82, 2.24) is 0 Å². The summed E-state index contributed by atoms with van der Waals surface area (Å²) in [6.07, 6.45) is 4.39. The number of hydrogen-bond acceptors (Lipinski definition) is 0. The minimum atomic E-state index is 0. The van der Waals surface area contributed by atoms with Crippen molar-refractivity contribution < 1.29 is 0 Å². The lowest BCUT2D eigenvalue weighted by Crippen LogP contribution is -2.32. The van der Waals surface area contributed by atoms with Gasteiger partial charge in [0, 0.05) is 0 Å². The van der Waals surface area contributed by atoms with Crippen molar-refractivity contribution in [2.75, 3.05) is 0 Å². The van der Waals surface area contributed by atoms with Crippen LogP contribution in [0.1, 0.15) is 40.0 Å². The van der Waals surface area contributed by atoms with E-state index in [1.165, 1.54) is 19.3 Å². The van der Waals surface area contributed by atoms with Gasteiger partial charge in [0.05, 0.1) is 0 Å². The normalized spacial score (nSPS) is 49.0. The molecule has 0 heterocycles. The van der Waals surface area contributed by atoms with Crippen LogP contribution < -0.4 is 0 Å². The Morgan fingerprint density at radius 1 is 1.25 bits per heavy atom. The Morgan fingerprint density at radius 2 is 1.83 bits per heavy atom. The van der Waals surface area contributed by atoms with Gasteiger partial charge in [-0.3, -0.25) is 0 Å². The fourth-order valence-electron chi connectivity index (χ4n) is 3.27. The van der Waals surface area contributed by atoms with E-state index in [2.05, 4.69) is 30.0 Å². The smallest absolute Gasteiger partial charge is 0.0202 e. The summed E-state index contributed by atoms with van der Waals surface area (Å²) in [5, 5.41) is 0. The van der Waals surface area contributed by atoms with E-state index in [0.717, 1.165) is 11.6 Å². The summed E-state index contributed by atoms with van der Waals surface area (Å²) >= 11 is 0. The van der Waals surface area contributed by atoms with Gasteiger partial charge in [-0.15, -0.1) is 21.6 Å². The van der Waals surface area contributed by atoms with Crippen LogP contribution >= 0.6 is 21.6 Å². The molecule has 0 N–H and O–H groups in total. The van der Waals surface area contributed by atoms with Crippen LogP contribution in [0.3, 0.4) is 0 Å². The molecule has 2 aliphatic carbocycles. The van der Waals surface area contributed by atoms with Gasteiger partial charge >= 0.3 is 0 Å². The number of halogens is 1. The molecular formula is C10H20ClP. The molecule has 72 valence electrons. The van der Waals surface area contributed by atoms with E-state index in [1.54, 1.807) is 0 Å². The van der Waals surface area contributed by atoms with Gasteiger partial charge in [-0.2, -0.15) is 0 Å². The Hall–Kier alpha value is 0.720. The molecule has 0 radical (unpaired) electrons. The molecule has 2 fully saturated rings.